The number of thiophene rings is 1. The number of fused-ring (bicyclic) bond motifs is 1. The van der Waals surface area contributed by atoms with Crippen LogP contribution in [-0.4, -0.2) is 18.7 Å². The van der Waals surface area contributed by atoms with Gasteiger partial charge in [-0.05, 0) is 36.1 Å². The van der Waals surface area contributed by atoms with Gasteiger partial charge in [0.15, 0.2) is 16.9 Å². The number of benzene rings is 1. The molecule has 0 bridgehead atoms. The van der Waals surface area contributed by atoms with E-state index in [0.717, 1.165) is 21.5 Å². The Morgan fingerprint density at radius 1 is 1.30 bits per heavy atom. The SMILES string of the molecule is Cc1ccc(Nc2ncnc3ccsc23)cc1S(=O)O. The van der Waals surface area contributed by atoms with Crippen LogP contribution in [0.1, 0.15) is 5.56 Å². The molecule has 2 heterocycles. The van der Waals surface area contributed by atoms with Crippen LogP contribution in [0.15, 0.2) is 40.9 Å². The summed E-state index contributed by atoms with van der Waals surface area (Å²) in [4.78, 5) is 8.79. The molecule has 3 rings (SSSR count). The Morgan fingerprint density at radius 3 is 2.95 bits per heavy atom. The van der Waals surface area contributed by atoms with Gasteiger partial charge in [0.2, 0.25) is 0 Å². The lowest BCUT2D eigenvalue weighted by Gasteiger charge is -2.08. The van der Waals surface area contributed by atoms with Crippen molar-refractivity contribution in [2.45, 2.75) is 11.8 Å². The van der Waals surface area contributed by atoms with Crippen molar-refractivity contribution >= 4 is 44.1 Å². The van der Waals surface area contributed by atoms with Crippen molar-refractivity contribution in [1.29, 1.82) is 0 Å². The van der Waals surface area contributed by atoms with E-state index in [1.54, 1.807) is 30.4 Å². The van der Waals surface area contributed by atoms with Crippen LogP contribution in [0.5, 0.6) is 0 Å². The molecule has 1 atom stereocenters. The highest BCUT2D eigenvalue weighted by Gasteiger charge is 2.09. The molecule has 2 aromatic heterocycles. The molecular formula is C13H11N3O2S2. The van der Waals surface area contributed by atoms with Crippen LogP contribution in [-0.2, 0) is 11.1 Å². The molecule has 0 aliphatic carbocycles. The van der Waals surface area contributed by atoms with Gasteiger partial charge < -0.3 is 9.87 Å². The van der Waals surface area contributed by atoms with Crippen LogP contribution >= 0.6 is 11.3 Å². The van der Waals surface area contributed by atoms with Gasteiger partial charge in [-0.3, -0.25) is 0 Å². The van der Waals surface area contributed by atoms with E-state index in [9.17, 15) is 8.76 Å². The summed E-state index contributed by atoms with van der Waals surface area (Å²) in [5.41, 5.74) is 2.38. The summed E-state index contributed by atoms with van der Waals surface area (Å²) >= 11 is -0.448. The van der Waals surface area contributed by atoms with Gasteiger partial charge in [-0.1, -0.05) is 6.07 Å². The molecular weight excluding hydrogens is 294 g/mol. The predicted molar refractivity (Wildman–Crippen MR) is 80.9 cm³/mol. The number of nitrogens with one attached hydrogen (secondary N) is 1. The van der Waals surface area contributed by atoms with E-state index >= 15 is 0 Å². The van der Waals surface area contributed by atoms with E-state index < -0.39 is 11.1 Å². The largest absolute Gasteiger partial charge is 0.339 e. The third kappa shape index (κ3) is 2.43. The lowest BCUT2D eigenvalue weighted by atomic mass is 10.2. The first-order chi connectivity index (χ1) is 9.65. The maximum Gasteiger partial charge on any atom is 0.186 e. The number of aryl methyl sites for hydroxylation is 1. The molecule has 1 aromatic carbocycles. The fraction of sp³-hybridized carbons (Fsp3) is 0.0769. The van der Waals surface area contributed by atoms with E-state index in [4.69, 9.17) is 0 Å². The molecule has 2 N–H and O–H groups in total. The second-order valence-electron chi connectivity index (χ2n) is 4.21. The number of anilines is 2. The van der Waals surface area contributed by atoms with Gasteiger partial charge in [0.05, 0.1) is 15.1 Å². The van der Waals surface area contributed by atoms with Crippen LogP contribution in [0.4, 0.5) is 11.5 Å². The van der Waals surface area contributed by atoms with Crippen molar-refractivity contribution in [3.8, 4) is 0 Å². The van der Waals surface area contributed by atoms with E-state index in [1.807, 2.05) is 17.5 Å². The van der Waals surface area contributed by atoms with E-state index in [0.29, 0.717) is 10.7 Å². The fourth-order valence-electron chi connectivity index (χ4n) is 1.88. The average molecular weight is 305 g/mol. The van der Waals surface area contributed by atoms with E-state index in [1.165, 1.54) is 6.33 Å². The quantitative estimate of drug-likeness (QED) is 0.726. The molecule has 1 unspecified atom stereocenters. The van der Waals surface area contributed by atoms with Crippen molar-refractivity contribution in [1.82, 2.24) is 9.97 Å². The van der Waals surface area contributed by atoms with Gasteiger partial charge in [-0.2, -0.15) is 0 Å². The van der Waals surface area contributed by atoms with Crippen LogP contribution < -0.4 is 5.32 Å². The monoisotopic (exact) mass is 305 g/mol. The van der Waals surface area contributed by atoms with Crippen LogP contribution in [0.3, 0.4) is 0 Å². The maximum atomic E-state index is 11.3. The van der Waals surface area contributed by atoms with Gasteiger partial charge in [0.25, 0.3) is 0 Å². The third-order valence-electron chi connectivity index (χ3n) is 2.88. The molecule has 0 amide bonds. The van der Waals surface area contributed by atoms with Gasteiger partial charge in [0.1, 0.15) is 6.33 Å². The van der Waals surface area contributed by atoms with Crippen LogP contribution in [0.25, 0.3) is 10.2 Å². The molecule has 0 spiro atoms. The molecule has 5 nitrogen and oxygen atoms in total. The minimum atomic E-state index is -2.00. The lowest BCUT2D eigenvalue weighted by molar-refractivity contribution is 0.564. The summed E-state index contributed by atoms with van der Waals surface area (Å²) in [6.07, 6.45) is 1.50. The second kappa shape index (κ2) is 5.28. The summed E-state index contributed by atoms with van der Waals surface area (Å²) in [5, 5.41) is 5.12. The number of hydrogen-bond acceptors (Lipinski definition) is 5. The molecule has 0 saturated carbocycles. The van der Waals surface area contributed by atoms with Gasteiger partial charge in [-0.15, -0.1) is 11.3 Å². The molecule has 102 valence electrons. The topological polar surface area (TPSA) is 75.1 Å². The molecule has 3 aromatic rings. The Labute approximate surface area is 122 Å². The molecule has 0 fully saturated rings. The summed E-state index contributed by atoms with van der Waals surface area (Å²) in [6, 6.07) is 7.25. The third-order valence-corrected chi connectivity index (χ3v) is 4.61. The first-order valence-corrected chi connectivity index (χ1v) is 7.80. The smallest absolute Gasteiger partial charge is 0.186 e. The average Bonchev–Trinajstić information content (AvgIpc) is 2.90. The number of nitrogens with zero attached hydrogens (tertiary/aromatic N) is 2. The molecule has 0 saturated heterocycles. The zero-order valence-electron chi connectivity index (χ0n) is 10.5. The van der Waals surface area contributed by atoms with Gasteiger partial charge in [0, 0.05) is 5.69 Å². The minimum Gasteiger partial charge on any atom is -0.339 e. The summed E-state index contributed by atoms with van der Waals surface area (Å²) in [7, 11) is 0. The highest BCUT2D eigenvalue weighted by Crippen LogP contribution is 2.28. The predicted octanol–water partition coefficient (Wildman–Crippen LogP) is 3.32. The zero-order valence-corrected chi connectivity index (χ0v) is 12.2. The van der Waals surface area contributed by atoms with Crippen molar-refractivity contribution in [2.75, 3.05) is 5.32 Å². The van der Waals surface area contributed by atoms with Crippen LogP contribution in [0, 0.1) is 6.92 Å². The Kier molecular flexibility index (Phi) is 3.47. The van der Waals surface area contributed by atoms with Crippen molar-refractivity contribution in [2.24, 2.45) is 0 Å². The molecule has 0 aliphatic heterocycles. The van der Waals surface area contributed by atoms with Gasteiger partial charge >= 0.3 is 0 Å². The Hall–Kier alpha value is -1.83. The first-order valence-electron chi connectivity index (χ1n) is 5.82. The maximum absolute atomic E-state index is 11.3. The number of aromatic nitrogens is 2. The normalized spacial score (nSPS) is 12.5. The Balaban J connectivity index is 2.01. The standard InChI is InChI=1S/C13H11N3O2S2/c1-8-2-3-9(6-11(8)20(17)18)16-13-12-10(4-5-19-12)14-7-15-13/h2-7H,1H3,(H,17,18)(H,14,15,16). The van der Waals surface area contributed by atoms with Crippen molar-refractivity contribution in [3.63, 3.8) is 0 Å². The zero-order chi connectivity index (χ0) is 14.1. The molecule has 0 aliphatic rings. The number of rotatable bonds is 3. The Morgan fingerprint density at radius 2 is 2.15 bits per heavy atom. The van der Waals surface area contributed by atoms with Crippen molar-refractivity contribution in [3.05, 3.63) is 41.5 Å². The molecule has 20 heavy (non-hydrogen) atoms. The van der Waals surface area contributed by atoms with E-state index in [2.05, 4.69) is 15.3 Å². The lowest BCUT2D eigenvalue weighted by Crippen LogP contribution is -1.98. The second-order valence-corrected chi connectivity index (χ2v) is 6.07. The highest BCUT2D eigenvalue weighted by molar-refractivity contribution is 7.79. The number of hydrogen-bond donors (Lipinski definition) is 2. The molecule has 7 heteroatoms. The fourth-order valence-corrected chi connectivity index (χ4v) is 3.24. The van der Waals surface area contributed by atoms with Crippen LogP contribution in [0.2, 0.25) is 0 Å². The van der Waals surface area contributed by atoms with Gasteiger partial charge in [-0.25, -0.2) is 14.2 Å². The first kappa shape index (κ1) is 13.2. The summed E-state index contributed by atoms with van der Waals surface area (Å²) < 4.78 is 21.5. The highest BCUT2D eigenvalue weighted by atomic mass is 32.2. The van der Waals surface area contributed by atoms with Crippen molar-refractivity contribution < 1.29 is 8.76 Å². The van der Waals surface area contributed by atoms with E-state index in [-0.39, 0.29) is 0 Å². The minimum absolute atomic E-state index is 0.395. The summed E-state index contributed by atoms with van der Waals surface area (Å²) in [5.74, 6) is 0.698. The summed E-state index contributed by atoms with van der Waals surface area (Å²) in [6.45, 7) is 1.80. The molecule has 0 radical (unpaired) electrons. The Bertz CT molecular complexity index is 801.